The van der Waals surface area contributed by atoms with Crippen LogP contribution in [0, 0.1) is 5.82 Å². The number of rotatable bonds is 4. The molecule has 1 saturated heterocycles. The number of nitrogens with two attached hydrogens (primary N) is 1. The first-order chi connectivity index (χ1) is 9.88. The molecule has 8 heteroatoms. The predicted octanol–water partition coefficient (Wildman–Crippen LogP) is 0.864. The molecule has 116 valence electrons. The molecule has 1 aromatic rings. The number of benzene rings is 1. The number of amides is 1. The molecule has 0 aromatic heterocycles. The van der Waals surface area contributed by atoms with Crippen LogP contribution in [-0.4, -0.2) is 38.9 Å². The lowest BCUT2D eigenvalue weighted by Gasteiger charge is -2.26. The van der Waals surface area contributed by atoms with Gasteiger partial charge in [-0.3, -0.25) is 4.79 Å². The highest BCUT2D eigenvalue weighted by Crippen LogP contribution is 2.20. The number of ether oxygens (including phenoxy) is 1. The molecule has 1 amide bonds. The van der Waals surface area contributed by atoms with Gasteiger partial charge in [0.2, 0.25) is 10.0 Å². The quantitative estimate of drug-likeness (QED) is 0.892. The van der Waals surface area contributed by atoms with Crippen molar-refractivity contribution in [2.75, 3.05) is 19.7 Å². The number of hydrogen-bond acceptors (Lipinski definition) is 4. The fraction of sp³-hybridized carbons (Fsp3) is 0.462. The summed E-state index contributed by atoms with van der Waals surface area (Å²) < 4.78 is 41.0. The van der Waals surface area contributed by atoms with Gasteiger partial charge in [-0.15, -0.1) is 0 Å². The Labute approximate surface area is 122 Å². The van der Waals surface area contributed by atoms with Crippen LogP contribution in [0.5, 0.6) is 5.75 Å². The summed E-state index contributed by atoms with van der Waals surface area (Å²) in [7, 11) is -3.96. The summed E-state index contributed by atoms with van der Waals surface area (Å²) >= 11 is 0. The predicted molar refractivity (Wildman–Crippen MR) is 73.7 cm³/mol. The lowest BCUT2D eigenvalue weighted by Crippen LogP contribution is -2.38. The fourth-order valence-electron chi connectivity index (χ4n) is 2.15. The SMILES string of the molecule is NS(=O)(=O)c1ccc(OCC(=O)N2CCCCC2)c(F)c1. The summed E-state index contributed by atoms with van der Waals surface area (Å²) in [6, 6.07) is 3.06. The van der Waals surface area contributed by atoms with Gasteiger partial charge in [-0.25, -0.2) is 17.9 Å². The van der Waals surface area contributed by atoms with E-state index in [0.717, 1.165) is 37.5 Å². The third kappa shape index (κ3) is 4.15. The maximum atomic E-state index is 13.7. The molecule has 0 spiro atoms. The van der Waals surface area contributed by atoms with E-state index in [4.69, 9.17) is 9.88 Å². The first-order valence-corrected chi connectivity index (χ1v) is 8.15. The molecule has 0 aliphatic carbocycles. The second-order valence-corrected chi connectivity index (χ2v) is 6.43. The number of primary sulfonamides is 1. The first-order valence-electron chi connectivity index (χ1n) is 6.61. The van der Waals surface area contributed by atoms with Gasteiger partial charge in [0.1, 0.15) is 0 Å². The Morgan fingerprint density at radius 2 is 1.95 bits per heavy atom. The molecule has 6 nitrogen and oxygen atoms in total. The Morgan fingerprint density at radius 1 is 1.29 bits per heavy atom. The van der Waals surface area contributed by atoms with Crippen LogP contribution in [0.4, 0.5) is 4.39 Å². The zero-order chi connectivity index (χ0) is 15.5. The van der Waals surface area contributed by atoms with E-state index in [1.54, 1.807) is 4.90 Å². The molecule has 1 aromatic carbocycles. The average Bonchev–Trinajstić information content (AvgIpc) is 2.45. The van der Waals surface area contributed by atoms with Crippen LogP contribution in [0.3, 0.4) is 0 Å². The number of carbonyl (C=O) groups excluding carboxylic acids is 1. The molecule has 0 atom stereocenters. The number of carbonyl (C=O) groups is 1. The molecule has 21 heavy (non-hydrogen) atoms. The zero-order valence-electron chi connectivity index (χ0n) is 11.4. The van der Waals surface area contributed by atoms with Crippen LogP contribution < -0.4 is 9.88 Å². The molecule has 1 aliphatic heterocycles. The van der Waals surface area contributed by atoms with E-state index in [2.05, 4.69) is 0 Å². The molecule has 1 fully saturated rings. The van der Waals surface area contributed by atoms with Crippen molar-refractivity contribution in [2.24, 2.45) is 5.14 Å². The summed E-state index contributed by atoms with van der Waals surface area (Å²) in [4.78, 5) is 13.2. The van der Waals surface area contributed by atoms with Gasteiger partial charge >= 0.3 is 0 Å². The Balaban J connectivity index is 1.98. The first kappa shape index (κ1) is 15.7. The topological polar surface area (TPSA) is 89.7 Å². The van der Waals surface area contributed by atoms with Crippen LogP contribution in [0.25, 0.3) is 0 Å². The van der Waals surface area contributed by atoms with Crippen molar-refractivity contribution in [1.29, 1.82) is 0 Å². The van der Waals surface area contributed by atoms with Gasteiger partial charge in [0.15, 0.2) is 18.2 Å². The summed E-state index contributed by atoms with van der Waals surface area (Å²) in [5.74, 6) is -1.25. The van der Waals surface area contributed by atoms with Gasteiger partial charge in [0, 0.05) is 13.1 Å². The van der Waals surface area contributed by atoms with Gasteiger partial charge < -0.3 is 9.64 Å². The normalized spacial score (nSPS) is 15.8. The van der Waals surface area contributed by atoms with Crippen molar-refractivity contribution >= 4 is 15.9 Å². The Bertz CT molecular complexity index is 627. The molecule has 0 bridgehead atoms. The van der Waals surface area contributed by atoms with Crippen LogP contribution in [-0.2, 0) is 14.8 Å². The Kier molecular flexibility index (Phi) is 4.79. The van der Waals surface area contributed by atoms with Crippen LogP contribution in [0.2, 0.25) is 0 Å². The Hall–Kier alpha value is -1.67. The summed E-state index contributed by atoms with van der Waals surface area (Å²) in [5.41, 5.74) is 0. The van der Waals surface area contributed by atoms with Crippen molar-refractivity contribution in [3.63, 3.8) is 0 Å². The average molecular weight is 316 g/mol. The van der Waals surface area contributed by atoms with Crippen LogP contribution in [0.1, 0.15) is 19.3 Å². The number of piperidine rings is 1. The molecule has 0 unspecified atom stereocenters. The van der Waals surface area contributed by atoms with E-state index in [0.29, 0.717) is 13.1 Å². The molecule has 1 heterocycles. The zero-order valence-corrected chi connectivity index (χ0v) is 12.2. The number of hydrogen-bond donors (Lipinski definition) is 1. The molecule has 0 radical (unpaired) electrons. The number of sulfonamides is 1. The highest BCUT2D eigenvalue weighted by Gasteiger charge is 2.18. The van der Waals surface area contributed by atoms with Crippen LogP contribution in [0.15, 0.2) is 23.1 Å². The largest absolute Gasteiger partial charge is 0.481 e. The van der Waals surface area contributed by atoms with Gasteiger partial charge in [0.05, 0.1) is 4.90 Å². The van der Waals surface area contributed by atoms with E-state index in [9.17, 15) is 17.6 Å². The molecule has 2 N–H and O–H groups in total. The molecule has 0 saturated carbocycles. The summed E-state index contributed by atoms with van der Waals surface area (Å²) in [5, 5.41) is 4.90. The maximum Gasteiger partial charge on any atom is 0.260 e. The third-order valence-corrected chi connectivity index (χ3v) is 4.20. The minimum atomic E-state index is -3.96. The highest BCUT2D eigenvalue weighted by atomic mass is 32.2. The van der Waals surface area contributed by atoms with Crippen molar-refractivity contribution in [1.82, 2.24) is 4.90 Å². The molecular formula is C13H17FN2O4S. The number of nitrogens with zero attached hydrogens (tertiary/aromatic N) is 1. The lowest BCUT2D eigenvalue weighted by atomic mass is 10.1. The minimum absolute atomic E-state index is 0.173. The van der Waals surface area contributed by atoms with Crippen molar-refractivity contribution in [2.45, 2.75) is 24.2 Å². The fourth-order valence-corrected chi connectivity index (χ4v) is 2.68. The van der Waals surface area contributed by atoms with Crippen molar-refractivity contribution in [3.05, 3.63) is 24.0 Å². The van der Waals surface area contributed by atoms with Gasteiger partial charge in [0.25, 0.3) is 5.91 Å². The Morgan fingerprint density at radius 3 is 2.52 bits per heavy atom. The lowest BCUT2D eigenvalue weighted by molar-refractivity contribution is -0.134. The molecule has 2 rings (SSSR count). The van der Waals surface area contributed by atoms with Crippen molar-refractivity contribution < 1.29 is 22.3 Å². The second-order valence-electron chi connectivity index (χ2n) is 4.87. The number of halogens is 1. The second kappa shape index (κ2) is 6.40. The molecule has 1 aliphatic rings. The van der Waals surface area contributed by atoms with Crippen molar-refractivity contribution in [3.8, 4) is 5.75 Å². The van der Waals surface area contributed by atoms with Gasteiger partial charge in [-0.05, 0) is 37.5 Å². The summed E-state index contributed by atoms with van der Waals surface area (Å²) in [6.45, 7) is 1.11. The molecular weight excluding hydrogens is 299 g/mol. The standard InChI is InChI=1S/C13H17FN2O4S/c14-11-8-10(21(15,18)19)4-5-12(11)20-9-13(17)16-6-2-1-3-7-16/h4-5,8H,1-3,6-7,9H2,(H2,15,18,19). The monoisotopic (exact) mass is 316 g/mol. The van der Waals surface area contributed by atoms with E-state index in [1.165, 1.54) is 0 Å². The summed E-state index contributed by atoms with van der Waals surface area (Å²) in [6.07, 6.45) is 3.03. The van der Waals surface area contributed by atoms with E-state index in [-0.39, 0.29) is 23.2 Å². The highest BCUT2D eigenvalue weighted by molar-refractivity contribution is 7.89. The number of likely N-dealkylation sites (tertiary alicyclic amines) is 1. The van der Waals surface area contributed by atoms with E-state index >= 15 is 0 Å². The van der Waals surface area contributed by atoms with Gasteiger partial charge in [-0.2, -0.15) is 0 Å². The van der Waals surface area contributed by atoms with Gasteiger partial charge in [-0.1, -0.05) is 0 Å². The minimum Gasteiger partial charge on any atom is -0.481 e. The van der Waals surface area contributed by atoms with E-state index < -0.39 is 15.8 Å². The maximum absolute atomic E-state index is 13.7. The van der Waals surface area contributed by atoms with E-state index in [1.807, 2.05) is 0 Å². The smallest absolute Gasteiger partial charge is 0.260 e. The third-order valence-electron chi connectivity index (χ3n) is 3.29. The van der Waals surface area contributed by atoms with Crippen LogP contribution >= 0.6 is 0 Å².